The first-order valence-corrected chi connectivity index (χ1v) is 9.79. The van der Waals surface area contributed by atoms with Crippen molar-refractivity contribution in [1.29, 1.82) is 0 Å². The predicted octanol–water partition coefficient (Wildman–Crippen LogP) is 5.10. The fraction of sp³-hybridized carbons (Fsp3) is 0.417. The Morgan fingerprint density at radius 2 is 1.44 bits per heavy atom. The molecule has 0 atom stereocenters. The van der Waals surface area contributed by atoms with Gasteiger partial charge in [0.2, 0.25) is 0 Å². The van der Waals surface area contributed by atoms with Crippen molar-refractivity contribution < 1.29 is 5.11 Å². The van der Waals surface area contributed by atoms with Gasteiger partial charge in [-0.1, -0.05) is 66.7 Å². The van der Waals surface area contributed by atoms with E-state index in [1.165, 1.54) is 11.1 Å². The molecular weight excluding hydrogens is 354 g/mol. The number of aryl methyl sites for hydroxylation is 1. The van der Waals surface area contributed by atoms with Gasteiger partial charge in [-0.2, -0.15) is 0 Å². The average molecular weight is 386 g/mol. The second-order valence-electron chi connectivity index (χ2n) is 7.82. The van der Waals surface area contributed by atoms with Crippen LogP contribution in [0.15, 0.2) is 73.3 Å². The topological polar surface area (TPSA) is 32.3 Å². The van der Waals surface area contributed by atoms with Gasteiger partial charge in [0.15, 0.2) is 0 Å². The molecule has 0 aromatic heterocycles. The molecule has 0 saturated heterocycles. The van der Waals surface area contributed by atoms with Crippen molar-refractivity contribution >= 4 is 12.4 Å². The number of benzene rings is 2. The number of halogens is 1. The predicted molar refractivity (Wildman–Crippen MR) is 117 cm³/mol. The van der Waals surface area contributed by atoms with Crippen LogP contribution in [0.5, 0.6) is 0 Å². The molecule has 0 heterocycles. The summed E-state index contributed by atoms with van der Waals surface area (Å²) in [5, 5.41) is 14.8. The molecule has 2 nitrogen and oxygen atoms in total. The quantitative estimate of drug-likeness (QED) is 0.619. The minimum atomic E-state index is -0.536. The van der Waals surface area contributed by atoms with Gasteiger partial charge in [-0.05, 0) is 56.1 Å². The Kier molecular flexibility index (Phi) is 8.09. The highest BCUT2D eigenvalue weighted by Gasteiger charge is 2.41. The van der Waals surface area contributed by atoms with E-state index >= 15 is 0 Å². The van der Waals surface area contributed by atoms with Gasteiger partial charge < -0.3 is 10.4 Å². The van der Waals surface area contributed by atoms with E-state index in [2.05, 4.69) is 66.5 Å². The van der Waals surface area contributed by atoms with E-state index < -0.39 is 5.60 Å². The SMILES string of the molecule is C=CCNC1(Cc2ccccc2)CCC(O)(CCc2ccccc2)CC1.Cl. The van der Waals surface area contributed by atoms with Gasteiger partial charge in [-0.25, -0.2) is 0 Å². The number of aliphatic hydroxyl groups is 1. The van der Waals surface area contributed by atoms with Crippen LogP contribution in [0.2, 0.25) is 0 Å². The molecular formula is C24H32ClNO. The molecule has 0 amide bonds. The third-order valence-electron chi connectivity index (χ3n) is 5.87. The van der Waals surface area contributed by atoms with Crippen LogP contribution < -0.4 is 5.32 Å². The Morgan fingerprint density at radius 3 is 2.00 bits per heavy atom. The van der Waals surface area contributed by atoms with Crippen molar-refractivity contribution in [2.24, 2.45) is 0 Å². The van der Waals surface area contributed by atoms with Crippen LogP contribution in [0.4, 0.5) is 0 Å². The summed E-state index contributed by atoms with van der Waals surface area (Å²) in [6, 6.07) is 21.2. The van der Waals surface area contributed by atoms with Gasteiger partial charge in [0.25, 0.3) is 0 Å². The standard InChI is InChI=1S/C24H31NO.ClH/c1-2-19-25-23(20-22-11-7-4-8-12-22)15-17-24(26,18-16-23)14-13-21-9-5-3-6-10-21;/h2-12,25-26H,1,13-20H2;1H. The maximum atomic E-state index is 11.1. The van der Waals surface area contributed by atoms with Crippen LogP contribution in [-0.2, 0) is 12.8 Å². The van der Waals surface area contributed by atoms with Crippen LogP contribution in [0.1, 0.15) is 43.2 Å². The van der Waals surface area contributed by atoms with Crippen molar-refractivity contribution in [1.82, 2.24) is 5.32 Å². The summed E-state index contributed by atoms with van der Waals surface area (Å²) in [5.74, 6) is 0. The fourth-order valence-electron chi connectivity index (χ4n) is 4.16. The van der Waals surface area contributed by atoms with Crippen molar-refractivity contribution in [2.45, 2.75) is 56.1 Å². The highest BCUT2D eigenvalue weighted by molar-refractivity contribution is 5.85. The second kappa shape index (κ2) is 10.1. The van der Waals surface area contributed by atoms with E-state index in [1.54, 1.807) is 0 Å². The van der Waals surface area contributed by atoms with E-state index in [9.17, 15) is 5.11 Å². The van der Waals surface area contributed by atoms with Gasteiger partial charge in [0.1, 0.15) is 0 Å². The van der Waals surface area contributed by atoms with Crippen molar-refractivity contribution in [3.63, 3.8) is 0 Å². The third kappa shape index (κ3) is 6.21. The smallest absolute Gasteiger partial charge is 0.0652 e. The van der Waals surface area contributed by atoms with Crippen LogP contribution >= 0.6 is 12.4 Å². The van der Waals surface area contributed by atoms with Gasteiger partial charge in [-0.15, -0.1) is 19.0 Å². The summed E-state index contributed by atoms with van der Waals surface area (Å²) in [5.41, 5.74) is 2.20. The molecule has 0 spiro atoms. The monoisotopic (exact) mass is 385 g/mol. The summed E-state index contributed by atoms with van der Waals surface area (Å²) in [4.78, 5) is 0. The van der Waals surface area contributed by atoms with Crippen LogP contribution in [0, 0.1) is 0 Å². The first-order chi connectivity index (χ1) is 12.6. The first-order valence-electron chi connectivity index (χ1n) is 9.79. The Balaban J connectivity index is 0.00000261. The zero-order chi connectivity index (χ0) is 18.3. The maximum Gasteiger partial charge on any atom is 0.0652 e. The summed E-state index contributed by atoms with van der Waals surface area (Å²) in [6.45, 7) is 4.68. The number of hydrogen-bond acceptors (Lipinski definition) is 2. The Labute approximate surface area is 170 Å². The highest BCUT2D eigenvalue weighted by Crippen LogP contribution is 2.39. The fourth-order valence-corrected chi connectivity index (χ4v) is 4.16. The molecule has 0 bridgehead atoms. The zero-order valence-corrected chi connectivity index (χ0v) is 16.9. The first kappa shape index (κ1) is 21.7. The van der Waals surface area contributed by atoms with E-state index in [4.69, 9.17) is 0 Å². The number of nitrogens with one attached hydrogen (secondary N) is 1. The van der Waals surface area contributed by atoms with Crippen molar-refractivity contribution in [3.05, 3.63) is 84.4 Å². The second-order valence-corrected chi connectivity index (χ2v) is 7.82. The van der Waals surface area contributed by atoms with E-state index in [-0.39, 0.29) is 17.9 Å². The maximum absolute atomic E-state index is 11.1. The lowest BCUT2D eigenvalue weighted by molar-refractivity contribution is -0.0273. The summed E-state index contributed by atoms with van der Waals surface area (Å²) in [6.07, 6.45) is 8.46. The Hall–Kier alpha value is -1.61. The van der Waals surface area contributed by atoms with Crippen LogP contribution in [0.3, 0.4) is 0 Å². The largest absolute Gasteiger partial charge is 0.390 e. The zero-order valence-electron chi connectivity index (χ0n) is 16.1. The Morgan fingerprint density at radius 1 is 0.889 bits per heavy atom. The minimum absolute atomic E-state index is 0. The Bertz CT molecular complexity index is 678. The normalized spacial score (nSPS) is 24.8. The van der Waals surface area contributed by atoms with Gasteiger partial charge >= 0.3 is 0 Å². The molecule has 1 aliphatic rings. The minimum Gasteiger partial charge on any atom is -0.390 e. The molecule has 2 aromatic rings. The van der Waals surface area contributed by atoms with E-state index in [0.29, 0.717) is 0 Å². The highest BCUT2D eigenvalue weighted by atomic mass is 35.5. The molecule has 1 fully saturated rings. The average Bonchev–Trinajstić information content (AvgIpc) is 2.69. The molecule has 0 unspecified atom stereocenters. The lowest BCUT2D eigenvalue weighted by Crippen LogP contribution is -2.53. The molecule has 0 aliphatic heterocycles. The molecule has 2 aromatic carbocycles. The lowest BCUT2D eigenvalue weighted by atomic mass is 9.70. The molecule has 3 rings (SSSR count). The third-order valence-corrected chi connectivity index (χ3v) is 5.87. The number of hydrogen-bond donors (Lipinski definition) is 2. The molecule has 2 N–H and O–H groups in total. The van der Waals surface area contributed by atoms with Gasteiger partial charge in [0, 0.05) is 12.1 Å². The molecule has 27 heavy (non-hydrogen) atoms. The summed E-state index contributed by atoms with van der Waals surface area (Å²) in [7, 11) is 0. The van der Waals surface area contributed by atoms with Crippen molar-refractivity contribution in [3.8, 4) is 0 Å². The summed E-state index contributed by atoms with van der Waals surface area (Å²) >= 11 is 0. The van der Waals surface area contributed by atoms with Crippen LogP contribution in [0.25, 0.3) is 0 Å². The lowest BCUT2D eigenvalue weighted by Gasteiger charge is -2.45. The molecule has 1 aliphatic carbocycles. The van der Waals surface area contributed by atoms with Gasteiger partial charge in [-0.3, -0.25) is 0 Å². The van der Waals surface area contributed by atoms with E-state index in [1.807, 2.05) is 12.1 Å². The van der Waals surface area contributed by atoms with Crippen molar-refractivity contribution in [2.75, 3.05) is 6.54 Å². The summed E-state index contributed by atoms with van der Waals surface area (Å²) < 4.78 is 0. The molecule has 0 radical (unpaired) electrons. The molecule has 146 valence electrons. The van der Waals surface area contributed by atoms with E-state index in [0.717, 1.165) is 51.5 Å². The van der Waals surface area contributed by atoms with Gasteiger partial charge in [0.05, 0.1) is 5.60 Å². The molecule has 1 saturated carbocycles. The number of rotatable bonds is 8. The van der Waals surface area contributed by atoms with Crippen LogP contribution in [-0.4, -0.2) is 22.8 Å². The molecule has 3 heteroatoms.